The van der Waals surface area contributed by atoms with Gasteiger partial charge in [0.05, 0.1) is 5.69 Å². The lowest BCUT2D eigenvalue weighted by Crippen LogP contribution is -2.19. The summed E-state index contributed by atoms with van der Waals surface area (Å²) in [5.41, 5.74) is 1.41. The van der Waals surface area contributed by atoms with Crippen LogP contribution in [0.1, 0.15) is 5.56 Å². The molecule has 0 amide bonds. The highest BCUT2D eigenvalue weighted by Gasteiger charge is 2.12. The van der Waals surface area contributed by atoms with Gasteiger partial charge in [0.15, 0.2) is 0 Å². The van der Waals surface area contributed by atoms with E-state index in [1.165, 1.54) is 6.07 Å². The van der Waals surface area contributed by atoms with E-state index in [9.17, 15) is 4.39 Å². The van der Waals surface area contributed by atoms with E-state index in [1.807, 2.05) is 13.0 Å². The quantitative estimate of drug-likeness (QED) is 0.820. The summed E-state index contributed by atoms with van der Waals surface area (Å²) in [7, 11) is 0. The predicted molar refractivity (Wildman–Crippen MR) is 56.8 cm³/mol. The maximum Gasteiger partial charge on any atom is 0.273 e. The molecule has 3 nitrogen and oxygen atoms in total. The molecule has 1 N–H and O–H groups in total. The van der Waals surface area contributed by atoms with Crippen molar-refractivity contribution in [3.63, 3.8) is 0 Å². The Bertz CT molecular complexity index is 379. The fourth-order valence-corrected chi connectivity index (χ4v) is 1.38. The smallest absolute Gasteiger partial charge is 0.273 e. The van der Waals surface area contributed by atoms with Crippen LogP contribution in [0.25, 0.3) is 0 Å². The van der Waals surface area contributed by atoms with Crippen molar-refractivity contribution in [1.29, 1.82) is 0 Å². The monoisotopic (exact) mass is 207 g/mol. The van der Waals surface area contributed by atoms with Crippen LogP contribution >= 0.6 is 0 Å². The van der Waals surface area contributed by atoms with Crippen LogP contribution < -0.4 is 5.32 Å². The molecule has 0 fully saturated rings. The average Bonchev–Trinajstić information content (AvgIpc) is 2.69. The number of rotatable bonds is 3. The van der Waals surface area contributed by atoms with Gasteiger partial charge in [0.1, 0.15) is 18.5 Å². The number of anilines is 1. The first-order valence-corrected chi connectivity index (χ1v) is 4.82. The van der Waals surface area contributed by atoms with E-state index in [0.29, 0.717) is 18.8 Å². The molecule has 0 aromatic heterocycles. The molecular weight excluding hydrogens is 195 g/mol. The second kappa shape index (κ2) is 4.29. The van der Waals surface area contributed by atoms with Gasteiger partial charge in [0, 0.05) is 6.54 Å². The molecule has 1 radical (unpaired) electrons. The van der Waals surface area contributed by atoms with Crippen molar-refractivity contribution in [3.8, 4) is 0 Å². The maximum absolute atomic E-state index is 13.4. The van der Waals surface area contributed by atoms with Gasteiger partial charge in [-0.2, -0.15) is 0 Å². The summed E-state index contributed by atoms with van der Waals surface area (Å²) in [4.78, 5) is 3.94. The number of nitrogens with one attached hydrogen (secondary N) is 1. The lowest BCUT2D eigenvalue weighted by atomic mass is 10.2. The van der Waals surface area contributed by atoms with E-state index in [1.54, 1.807) is 6.07 Å². The summed E-state index contributed by atoms with van der Waals surface area (Å²) in [5, 5.41) is 2.99. The van der Waals surface area contributed by atoms with Crippen molar-refractivity contribution in [2.24, 2.45) is 4.99 Å². The van der Waals surface area contributed by atoms with Gasteiger partial charge in [-0.3, -0.25) is 0 Å². The normalized spacial score (nSPS) is 18.9. The van der Waals surface area contributed by atoms with Crippen LogP contribution in [0.5, 0.6) is 0 Å². The highest BCUT2D eigenvalue weighted by Crippen LogP contribution is 2.15. The molecule has 79 valence electrons. The number of aryl methyl sites for hydroxylation is 1. The number of aliphatic imine (C=N–C) groups is 1. The molecule has 1 unspecified atom stereocenters. The van der Waals surface area contributed by atoms with E-state index < -0.39 is 0 Å². The number of hydrogen-bond donors (Lipinski definition) is 1. The van der Waals surface area contributed by atoms with Crippen molar-refractivity contribution < 1.29 is 9.13 Å². The van der Waals surface area contributed by atoms with Gasteiger partial charge in [-0.05, 0) is 24.6 Å². The van der Waals surface area contributed by atoms with Gasteiger partial charge in [-0.1, -0.05) is 6.07 Å². The second-order valence-corrected chi connectivity index (χ2v) is 3.55. The zero-order valence-electron chi connectivity index (χ0n) is 8.46. The highest BCUT2D eigenvalue weighted by molar-refractivity contribution is 5.50. The van der Waals surface area contributed by atoms with Gasteiger partial charge in [0.25, 0.3) is 6.40 Å². The minimum absolute atomic E-state index is 0.0331. The third-order valence-electron chi connectivity index (χ3n) is 2.23. The standard InChI is InChI=1S/C11H12FN2O/c1-8-2-3-11(10(12)4-8)13-5-9-6-15-7-14-9/h2-4,9,13H,5-6H2,1H3. The molecule has 1 aliphatic heterocycles. The number of halogens is 1. The van der Waals surface area contributed by atoms with Crippen molar-refractivity contribution in [3.05, 3.63) is 29.6 Å². The molecule has 1 aliphatic rings. The Morgan fingerprint density at radius 2 is 2.53 bits per heavy atom. The molecule has 1 atom stereocenters. The zero-order chi connectivity index (χ0) is 10.7. The van der Waals surface area contributed by atoms with Gasteiger partial charge in [-0.25, -0.2) is 9.38 Å². The van der Waals surface area contributed by atoms with Crippen LogP contribution in [0.2, 0.25) is 0 Å². The fraction of sp³-hybridized carbons (Fsp3) is 0.364. The van der Waals surface area contributed by atoms with Crippen molar-refractivity contribution in [1.82, 2.24) is 0 Å². The predicted octanol–water partition coefficient (Wildman–Crippen LogP) is 1.85. The molecule has 2 rings (SSSR count). The minimum Gasteiger partial charge on any atom is -0.472 e. The van der Waals surface area contributed by atoms with Crippen molar-refractivity contribution in [2.75, 3.05) is 18.5 Å². The molecule has 0 spiro atoms. The van der Waals surface area contributed by atoms with E-state index in [2.05, 4.69) is 16.7 Å². The SMILES string of the molecule is Cc1ccc(NCC2CO[C]=N2)c(F)c1. The lowest BCUT2D eigenvalue weighted by molar-refractivity contribution is 0.332. The molecule has 4 heteroatoms. The van der Waals surface area contributed by atoms with E-state index >= 15 is 0 Å². The lowest BCUT2D eigenvalue weighted by Gasteiger charge is -2.10. The number of ether oxygens (including phenoxy) is 1. The molecule has 0 saturated carbocycles. The van der Waals surface area contributed by atoms with Crippen LogP contribution in [0.4, 0.5) is 10.1 Å². The molecule has 0 saturated heterocycles. The topological polar surface area (TPSA) is 33.6 Å². The first kappa shape index (κ1) is 9.96. The number of nitrogens with zero attached hydrogens (tertiary/aromatic N) is 1. The van der Waals surface area contributed by atoms with Crippen molar-refractivity contribution in [2.45, 2.75) is 13.0 Å². The first-order chi connectivity index (χ1) is 7.25. The van der Waals surface area contributed by atoms with Crippen molar-refractivity contribution >= 4 is 12.1 Å². The summed E-state index contributed by atoms with van der Waals surface area (Å²) in [6, 6.07) is 5.13. The maximum atomic E-state index is 13.4. The molecule has 1 heterocycles. The Hall–Kier alpha value is -1.58. The summed E-state index contributed by atoms with van der Waals surface area (Å²) >= 11 is 0. The Balaban J connectivity index is 1.95. The Kier molecular flexibility index (Phi) is 2.85. The van der Waals surface area contributed by atoms with Gasteiger partial charge >= 0.3 is 0 Å². The van der Waals surface area contributed by atoms with Gasteiger partial charge in [0.2, 0.25) is 0 Å². The Morgan fingerprint density at radius 3 is 3.20 bits per heavy atom. The highest BCUT2D eigenvalue weighted by atomic mass is 19.1. The summed E-state index contributed by atoms with van der Waals surface area (Å²) in [6.07, 6.45) is 2.42. The molecular formula is C11H12FN2O. The number of benzene rings is 1. The van der Waals surface area contributed by atoms with Crippen LogP contribution in [-0.4, -0.2) is 25.6 Å². The largest absolute Gasteiger partial charge is 0.472 e. The van der Waals surface area contributed by atoms with Gasteiger partial charge in [-0.15, -0.1) is 0 Å². The second-order valence-electron chi connectivity index (χ2n) is 3.55. The van der Waals surface area contributed by atoms with Gasteiger partial charge < -0.3 is 10.1 Å². The first-order valence-electron chi connectivity index (χ1n) is 4.82. The molecule has 1 aromatic rings. The van der Waals surface area contributed by atoms with E-state index in [0.717, 1.165) is 5.56 Å². The molecule has 0 bridgehead atoms. The third kappa shape index (κ3) is 2.46. The molecule has 1 aromatic carbocycles. The average molecular weight is 207 g/mol. The van der Waals surface area contributed by atoms with E-state index in [-0.39, 0.29) is 11.9 Å². The zero-order valence-corrected chi connectivity index (χ0v) is 8.46. The van der Waals surface area contributed by atoms with E-state index in [4.69, 9.17) is 4.74 Å². The summed E-state index contributed by atoms with van der Waals surface area (Å²) in [6.45, 7) is 2.93. The molecule has 15 heavy (non-hydrogen) atoms. The number of hydrogen-bond acceptors (Lipinski definition) is 3. The Labute approximate surface area is 88.0 Å². The van der Waals surface area contributed by atoms with Crippen LogP contribution in [-0.2, 0) is 4.74 Å². The molecule has 0 aliphatic carbocycles. The van der Waals surface area contributed by atoms with Crippen LogP contribution in [0.15, 0.2) is 23.2 Å². The summed E-state index contributed by atoms with van der Waals surface area (Å²) < 4.78 is 18.2. The summed E-state index contributed by atoms with van der Waals surface area (Å²) in [5.74, 6) is -0.234. The minimum atomic E-state index is -0.234. The van der Waals surface area contributed by atoms with Crippen LogP contribution in [0, 0.1) is 12.7 Å². The van der Waals surface area contributed by atoms with Crippen LogP contribution in [0.3, 0.4) is 0 Å². The Morgan fingerprint density at radius 1 is 1.67 bits per heavy atom. The fourth-order valence-electron chi connectivity index (χ4n) is 1.38. The third-order valence-corrected chi connectivity index (χ3v) is 2.23.